The van der Waals surface area contributed by atoms with Gasteiger partial charge in [-0.3, -0.25) is 14.9 Å². The Labute approximate surface area is 146 Å². The number of hydrogen-bond acceptors (Lipinski definition) is 5. The maximum Gasteiger partial charge on any atom is 0.280 e. The van der Waals surface area contributed by atoms with Crippen LogP contribution in [0.15, 0.2) is 58.1 Å². The third-order valence-electron chi connectivity index (χ3n) is 2.97. The minimum atomic E-state index is -0.742. The lowest BCUT2D eigenvalue weighted by Gasteiger charge is -2.12. The van der Waals surface area contributed by atoms with Gasteiger partial charge in [0.25, 0.3) is 11.6 Å². The zero-order chi connectivity index (χ0) is 17.5. The standard InChI is InChI=1S/C16H14BrN3O4/c1-11(24-15-7-5-13(17)6-8-15)16(21)19-18-10-12-3-2-4-14(9-12)20(22)23/h2-11H,1H3,(H,19,21)/b18-10+. The fourth-order valence-electron chi connectivity index (χ4n) is 1.75. The summed E-state index contributed by atoms with van der Waals surface area (Å²) in [6.07, 6.45) is 0.588. The molecule has 0 aromatic heterocycles. The molecule has 2 aromatic rings. The van der Waals surface area contributed by atoms with Crippen molar-refractivity contribution in [3.63, 3.8) is 0 Å². The van der Waals surface area contributed by atoms with E-state index in [-0.39, 0.29) is 5.69 Å². The van der Waals surface area contributed by atoms with E-state index in [0.717, 1.165) is 4.47 Å². The number of nitro groups is 1. The quantitative estimate of drug-likeness (QED) is 0.464. The van der Waals surface area contributed by atoms with E-state index in [4.69, 9.17) is 4.74 Å². The van der Waals surface area contributed by atoms with Crippen LogP contribution in [0.25, 0.3) is 0 Å². The van der Waals surface area contributed by atoms with Gasteiger partial charge in [-0.25, -0.2) is 5.43 Å². The molecule has 1 unspecified atom stereocenters. The van der Waals surface area contributed by atoms with Crippen LogP contribution < -0.4 is 10.2 Å². The van der Waals surface area contributed by atoms with Crippen molar-refractivity contribution in [1.29, 1.82) is 0 Å². The molecule has 0 saturated carbocycles. The van der Waals surface area contributed by atoms with Crippen molar-refractivity contribution < 1.29 is 14.5 Å². The lowest BCUT2D eigenvalue weighted by molar-refractivity contribution is -0.384. The first-order chi connectivity index (χ1) is 11.5. The van der Waals surface area contributed by atoms with Crippen LogP contribution in [0.2, 0.25) is 0 Å². The highest BCUT2D eigenvalue weighted by atomic mass is 79.9. The van der Waals surface area contributed by atoms with Crippen molar-refractivity contribution >= 4 is 33.7 Å². The molecule has 0 radical (unpaired) electrons. The molecule has 1 amide bonds. The fourth-order valence-corrected chi connectivity index (χ4v) is 2.02. The molecule has 124 valence electrons. The molecule has 0 heterocycles. The van der Waals surface area contributed by atoms with Gasteiger partial charge >= 0.3 is 0 Å². The Kier molecular flexibility index (Phi) is 6.02. The largest absolute Gasteiger partial charge is 0.481 e. The van der Waals surface area contributed by atoms with Crippen LogP contribution in [0.3, 0.4) is 0 Å². The molecule has 0 aliphatic heterocycles. The van der Waals surface area contributed by atoms with Crippen molar-refractivity contribution in [2.24, 2.45) is 5.10 Å². The number of carbonyl (C=O) groups is 1. The number of nitrogens with zero attached hydrogens (tertiary/aromatic N) is 2. The molecule has 2 rings (SSSR count). The van der Waals surface area contributed by atoms with Gasteiger partial charge in [0, 0.05) is 22.2 Å². The van der Waals surface area contributed by atoms with Crippen LogP contribution in [0.5, 0.6) is 5.75 Å². The third-order valence-corrected chi connectivity index (χ3v) is 3.49. The lowest BCUT2D eigenvalue weighted by Crippen LogP contribution is -2.33. The SMILES string of the molecule is CC(Oc1ccc(Br)cc1)C(=O)N/N=C/c1cccc([N+](=O)[O-])c1. The van der Waals surface area contributed by atoms with E-state index in [1.54, 1.807) is 43.3 Å². The molecule has 2 aromatic carbocycles. The maximum absolute atomic E-state index is 11.9. The summed E-state index contributed by atoms with van der Waals surface area (Å²) in [6, 6.07) is 13.0. The first-order valence-electron chi connectivity index (χ1n) is 6.95. The van der Waals surface area contributed by atoms with Gasteiger partial charge in [-0.2, -0.15) is 5.10 Å². The zero-order valence-electron chi connectivity index (χ0n) is 12.7. The van der Waals surface area contributed by atoms with Gasteiger partial charge in [0.15, 0.2) is 6.10 Å². The Morgan fingerprint density at radius 3 is 2.71 bits per heavy atom. The summed E-state index contributed by atoms with van der Waals surface area (Å²) in [7, 11) is 0. The average molecular weight is 392 g/mol. The molecule has 24 heavy (non-hydrogen) atoms. The van der Waals surface area contributed by atoms with E-state index < -0.39 is 16.9 Å². The Hall–Kier alpha value is -2.74. The first-order valence-corrected chi connectivity index (χ1v) is 7.74. The van der Waals surface area contributed by atoms with Gasteiger partial charge in [-0.05, 0) is 31.2 Å². The minimum Gasteiger partial charge on any atom is -0.481 e. The number of benzene rings is 2. The Morgan fingerprint density at radius 1 is 1.33 bits per heavy atom. The first kappa shape index (κ1) is 17.6. The predicted octanol–water partition coefficient (Wildman–Crippen LogP) is 3.27. The molecule has 1 atom stereocenters. The molecule has 0 fully saturated rings. The summed E-state index contributed by atoms with van der Waals surface area (Å²) in [6.45, 7) is 1.60. The number of halogens is 1. The smallest absolute Gasteiger partial charge is 0.280 e. The number of rotatable bonds is 6. The molecular formula is C16H14BrN3O4. The molecule has 0 spiro atoms. The van der Waals surface area contributed by atoms with Gasteiger partial charge in [-0.15, -0.1) is 0 Å². The lowest BCUT2D eigenvalue weighted by atomic mass is 10.2. The number of nitro benzene ring substituents is 1. The second kappa shape index (κ2) is 8.21. The van der Waals surface area contributed by atoms with E-state index in [1.165, 1.54) is 18.3 Å². The topological polar surface area (TPSA) is 93.8 Å². The maximum atomic E-state index is 11.9. The molecule has 0 saturated heterocycles. The van der Waals surface area contributed by atoms with Crippen LogP contribution in [-0.2, 0) is 4.79 Å². The van der Waals surface area contributed by atoms with Crippen LogP contribution in [0.1, 0.15) is 12.5 Å². The molecule has 7 nitrogen and oxygen atoms in total. The van der Waals surface area contributed by atoms with Crippen molar-refractivity contribution in [2.45, 2.75) is 13.0 Å². The van der Waals surface area contributed by atoms with Crippen molar-refractivity contribution in [3.05, 3.63) is 68.7 Å². The summed E-state index contributed by atoms with van der Waals surface area (Å²) in [5.74, 6) is 0.128. The van der Waals surface area contributed by atoms with E-state index in [1.807, 2.05) is 0 Å². The normalized spacial score (nSPS) is 11.9. The van der Waals surface area contributed by atoms with Gasteiger partial charge in [-0.1, -0.05) is 28.1 Å². The third kappa shape index (κ3) is 5.17. The Balaban J connectivity index is 1.90. The number of hydrogen-bond donors (Lipinski definition) is 1. The summed E-state index contributed by atoms with van der Waals surface area (Å²) >= 11 is 3.31. The highest BCUT2D eigenvalue weighted by Crippen LogP contribution is 2.17. The zero-order valence-corrected chi connectivity index (χ0v) is 14.3. The summed E-state index contributed by atoms with van der Waals surface area (Å²) in [5, 5.41) is 14.5. The second-order valence-electron chi connectivity index (χ2n) is 4.80. The monoisotopic (exact) mass is 391 g/mol. The Bertz CT molecular complexity index is 762. The highest BCUT2D eigenvalue weighted by Gasteiger charge is 2.13. The van der Waals surface area contributed by atoms with Crippen molar-refractivity contribution in [3.8, 4) is 5.75 Å². The molecular weight excluding hydrogens is 378 g/mol. The number of carbonyl (C=O) groups excluding carboxylic acids is 1. The molecule has 1 N–H and O–H groups in total. The van der Waals surface area contributed by atoms with E-state index in [9.17, 15) is 14.9 Å². The van der Waals surface area contributed by atoms with Crippen LogP contribution in [-0.4, -0.2) is 23.1 Å². The van der Waals surface area contributed by atoms with Gasteiger partial charge < -0.3 is 4.74 Å². The van der Waals surface area contributed by atoms with Gasteiger partial charge in [0.1, 0.15) is 5.75 Å². The molecule has 8 heteroatoms. The van der Waals surface area contributed by atoms with Crippen molar-refractivity contribution in [2.75, 3.05) is 0 Å². The van der Waals surface area contributed by atoms with E-state index in [0.29, 0.717) is 11.3 Å². The second-order valence-corrected chi connectivity index (χ2v) is 5.72. The number of ether oxygens (including phenoxy) is 1. The number of nitrogens with one attached hydrogen (secondary N) is 1. The Morgan fingerprint density at radius 2 is 2.04 bits per heavy atom. The molecule has 0 aliphatic rings. The molecule has 0 bridgehead atoms. The number of non-ortho nitro benzene ring substituents is 1. The number of amides is 1. The van der Waals surface area contributed by atoms with E-state index >= 15 is 0 Å². The van der Waals surface area contributed by atoms with Crippen LogP contribution in [0, 0.1) is 10.1 Å². The summed E-state index contributed by atoms with van der Waals surface area (Å²) in [4.78, 5) is 22.1. The average Bonchev–Trinajstić information content (AvgIpc) is 2.57. The van der Waals surface area contributed by atoms with Crippen LogP contribution in [0.4, 0.5) is 5.69 Å². The minimum absolute atomic E-state index is 0.0442. The molecule has 0 aliphatic carbocycles. The number of hydrazone groups is 1. The van der Waals surface area contributed by atoms with Crippen LogP contribution >= 0.6 is 15.9 Å². The van der Waals surface area contributed by atoms with Gasteiger partial charge in [0.2, 0.25) is 0 Å². The summed E-state index contributed by atoms with van der Waals surface area (Å²) in [5.41, 5.74) is 2.80. The summed E-state index contributed by atoms with van der Waals surface area (Å²) < 4.78 is 6.40. The highest BCUT2D eigenvalue weighted by molar-refractivity contribution is 9.10. The fraction of sp³-hybridized carbons (Fsp3) is 0.125. The van der Waals surface area contributed by atoms with E-state index in [2.05, 4.69) is 26.5 Å². The predicted molar refractivity (Wildman–Crippen MR) is 93.1 cm³/mol. The van der Waals surface area contributed by atoms with Crippen molar-refractivity contribution in [1.82, 2.24) is 5.43 Å². The van der Waals surface area contributed by atoms with Gasteiger partial charge in [0.05, 0.1) is 11.1 Å².